The number of hydrogen-bond donors (Lipinski definition) is 2. The van der Waals surface area contributed by atoms with Gasteiger partial charge in [-0.3, -0.25) is 0 Å². The first-order valence-corrected chi connectivity index (χ1v) is 7.74. The molecule has 0 aromatic heterocycles. The number of urea groups is 1. The average molecular weight is 333 g/mol. The summed E-state index contributed by atoms with van der Waals surface area (Å²) in [6.45, 7) is 4.18. The van der Waals surface area contributed by atoms with Gasteiger partial charge in [-0.05, 0) is 43.2 Å². The van der Waals surface area contributed by atoms with E-state index < -0.39 is 5.60 Å². The van der Waals surface area contributed by atoms with Crippen LogP contribution in [0.25, 0.3) is 0 Å². The molecule has 0 saturated carbocycles. The third kappa shape index (κ3) is 4.47. The van der Waals surface area contributed by atoms with Crippen molar-refractivity contribution < 1.29 is 9.53 Å². The largest absolute Gasteiger partial charge is 0.372 e. The van der Waals surface area contributed by atoms with E-state index in [4.69, 9.17) is 16.3 Å². The molecule has 0 saturated heterocycles. The molecule has 0 spiro atoms. The van der Waals surface area contributed by atoms with Crippen LogP contribution in [-0.4, -0.2) is 19.7 Å². The van der Waals surface area contributed by atoms with Crippen LogP contribution in [-0.2, 0) is 10.3 Å². The van der Waals surface area contributed by atoms with Crippen LogP contribution in [0.15, 0.2) is 48.5 Å². The molecule has 0 unspecified atom stereocenters. The molecule has 0 aliphatic rings. The van der Waals surface area contributed by atoms with E-state index in [1.54, 1.807) is 13.2 Å². The Bertz CT molecular complexity index is 690. The first-order chi connectivity index (χ1) is 10.9. The lowest BCUT2D eigenvalue weighted by Crippen LogP contribution is -2.41. The lowest BCUT2D eigenvalue weighted by Gasteiger charge is -2.29. The van der Waals surface area contributed by atoms with Gasteiger partial charge in [0, 0.05) is 17.8 Å². The number of halogens is 1. The molecule has 0 bridgehead atoms. The summed E-state index contributed by atoms with van der Waals surface area (Å²) in [6, 6.07) is 14.8. The number of methoxy groups -OCH3 is 1. The summed E-state index contributed by atoms with van der Waals surface area (Å²) in [7, 11) is 1.61. The molecule has 0 fully saturated rings. The van der Waals surface area contributed by atoms with Crippen LogP contribution in [0, 0.1) is 6.92 Å². The van der Waals surface area contributed by atoms with Crippen molar-refractivity contribution in [1.82, 2.24) is 5.32 Å². The van der Waals surface area contributed by atoms with Crippen LogP contribution < -0.4 is 10.6 Å². The lowest BCUT2D eigenvalue weighted by molar-refractivity contribution is 0.00521. The summed E-state index contributed by atoms with van der Waals surface area (Å²) >= 11 is 6.04. The van der Waals surface area contributed by atoms with Gasteiger partial charge in [0.05, 0.1) is 6.54 Å². The highest BCUT2D eigenvalue weighted by molar-refractivity contribution is 6.30. The molecule has 2 N–H and O–H groups in total. The van der Waals surface area contributed by atoms with Gasteiger partial charge in [0.1, 0.15) is 5.60 Å². The Kier molecular flexibility index (Phi) is 5.64. The fourth-order valence-corrected chi connectivity index (χ4v) is 2.43. The number of hydrogen-bond acceptors (Lipinski definition) is 2. The summed E-state index contributed by atoms with van der Waals surface area (Å²) in [6.07, 6.45) is 0. The number of nitrogens with one attached hydrogen (secondary N) is 2. The SMILES string of the molecule is CO[C@](C)(CNC(=O)Nc1ccccc1C)c1cccc(Cl)c1. The first kappa shape index (κ1) is 17.3. The minimum absolute atomic E-state index is 0.274. The van der Waals surface area contributed by atoms with Gasteiger partial charge in [0.25, 0.3) is 0 Å². The van der Waals surface area contributed by atoms with E-state index in [1.165, 1.54) is 0 Å². The van der Waals surface area contributed by atoms with E-state index in [-0.39, 0.29) is 6.03 Å². The number of amides is 2. The minimum Gasteiger partial charge on any atom is -0.372 e. The van der Waals surface area contributed by atoms with Crippen molar-refractivity contribution in [3.63, 3.8) is 0 Å². The molecule has 0 radical (unpaired) electrons. The molecule has 2 amide bonds. The molecular formula is C18H21ClN2O2. The van der Waals surface area contributed by atoms with Crippen molar-refractivity contribution in [2.24, 2.45) is 0 Å². The van der Waals surface area contributed by atoms with E-state index in [2.05, 4.69) is 10.6 Å². The van der Waals surface area contributed by atoms with Gasteiger partial charge >= 0.3 is 6.03 Å². The molecule has 0 aliphatic heterocycles. The van der Waals surface area contributed by atoms with Crippen LogP contribution in [0.2, 0.25) is 5.02 Å². The first-order valence-electron chi connectivity index (χ1n) is 7.36. The lowest BCUT2D eigenvalue weighted by atomic mass is 9.96. The number of benzene rings is 2. The number of para-hydroxylation sites is 1. The number of ether oxygens (including phenoxy) is 1. The Morgan fingerprint density at radius 1 is 1.22 bits per heavy atom. The standard InChI is InChI=1S/C18H21ClN2O2/c1-13-7-4-5-10-16(13)21-17(22)20-12-18(2,23-3)14-8-6-9-15(19)11-14/h4-11H,12H2,1-3H3,(H2,20,21,22)/t18-/m1/s1. The van der Waals surface area contributed by atoms with Gasteiger partial charge < -0.3 is 15.4 Å². The van der Waals surface area contributed by atoms with Crippen molar-refractivity contribution in [2.45, 2.75) is 19.4 Å². The summed E-state index contributed by atoms with van der Waals surface area (Å²) in [5.74, 6) is 0. The molecule has 122 valence electrons. The summed E-state index contributed by atoms with van der Waals surface area (Å²) in [5.41, 5.74) is 2.04. The Morgan fingerprint density at radius 3 is 2.61 bits per heavy atom. The maximum absolute atomic E-state index is 12.1. The molecule has 2 aromatic carbocycles. The second-order valence-electron chi connectivity index (χ2n) is 5.57. The monoisotopic (exact) mass is 332 g/mol. The maximum Gasteiger partial charge on any atom is 0.319 e. The van der Waals surface area contributed by atoms with Gasteiger partial charge in [-0.1, -0.05) is 41.9 Å². The topological polar surface area (TPSA) is 50.4 Å². The van der Waals surface area contributed by atoms with E-state index in [0.29, 0.717) is 11.6 Å². The van der Waals surface area contributed by atoms with Crippen LogP contribution in [0.1, 0.15) is 18.1 Å². The van der Waals surface area contributed by atoms with Crippen LogP contribution in [0.4, 0.5) is 10.5 Å². The van der Waals surface area contributed by atoms with Gasteiger partial charge in [0.15, 0.2) is 0 Å². The van der Waals surface area contributed by atoms with E-state index in [0.717, 1.165) is 16.8 Å². The van der Waals surface area contributed by atoms with Gasteiger partial charge in [0.2, 0.25) is 0 Å². The van der Waals surface area contributed by atoms with Crippen LogP contribution in [0.5, 0.6) is 0 Å². The summed E-state index contributed by atoms with van der Waals surface area (Å²) < 4.78 is 5.60. The molecule has 2 rings (SSSR count). The van der Waals surface area contributed by atoms with E-state index >= 15 is 0 Å². The predicted molar refractivity (Wildman–Crippen MR) is 94.0 cm³/mol. The summed E-state index contributed by atoms with van der Waals surface area (Å²) in [4.78, 5) is 12.1. The van der Waals surface area contributed by atoms with Crippen molar-refractivity contribution in [3.05, 3.63) is 64.7 Å². The highest BCUT2D eigenvalue weighted by Crippen LogP contribution is 2.26. The quantitative estimate of drug-likeness (QED) is 0.856. The number of rotatable bonds is 5. The molecule has 4 nitrogen and oxygen atoms in total. The number of aryl methyl sites for hydroxylation is 1. The van der Waals surface area contributed by atoms with Gasteiger partial charge in [-0.2, -0.15) is 0 Å². The Morgan fingerprint density at radius 2 is 1.96 bits per heavy atom. The molecule has 23 heavy (non-hydrogen) atoms. The molecule has 1 atom stereocenters. The van der Waals surface area contributed by atoms with Crippen molar-refractivity contribution in [2.75, 3.05) is 19.0 Å². The zero-order valence-electron chi connectivity index (χ0n) is 13.5. The van der Waals surface area contributed by atoms with E-state index in [9.17, 15) is 4.79 Å². The van der Waals surface area contributed by atoms with Crippen LogP contribution >= 0.6 is 11.6 Å². The second-order valence-corrected chi connectivity index (χ2v) is 6.00. The second kappa shape index (κ2) is 7.49. The third-order valence-corrected chi connectivity index (χ3v) is 4.10. The summed E-state index contributed by atoms with van der Waals surface area (Å²) in [5, 5.41) is 6.32. The molecule has 0 heterocycles. The third-order valence-electron chi connectivity index (χ3n) is 3.87. The van der Waals surface area contributed by atoms with Gasteiger partial charge in [-0.15, -0.1) is 0 Å². The van der Waals surface area contributed by atoms with Crippen molar-refractivity contribution in [3.8, 4) is 0 Å². The maximum atomic E-state index is 12.1. The normalized spacial score (nSPS) is 13.2. The number of anilines is 1. The fraction of sp³-hybridized carbons (Fsp3) is 0.278. The zero-order valence-corrected chi connectivity index (χ0v) is 14.3. The molecule has 0 aliphatic carbocycles. The Balaban J connectivity index is 2.02. The van der Waals surface area contributed by atoms with Crippen molar-refractivity contribution >= 4 is 23.3 Å². The van der Waals surface area contributed by atoms with Gasteiger partial charge in [-0.25, -0.2) is 4.79 Å². The molecular weight excluding hydrogens is 312 g/mol. The van der Waals surface area contributed by atoms with E-state index in [1.807, 2.05) is 56.3 Å². The fourth-order valence-electron chi connectivity index (χ4n) is 2.24. The molecule has 5 heteroatoms. The number of carbonyl (C=O) groups is 1. The zero-order chi connectivity index (χ0) is 16.9. The van der Waals surface area contributed by atoms with Crippen LogP contribution in [0.3, 0.4) is 0 Å². The Hall–Kier alpha value is -2.04. The molecule has 2 aromatic rings. The average Bonchev–Trinajstić information content (AvgIpc) is 2.55. The smallest absolute Gasteiger partial charge is 0.319 e. The Labute approximate surface area is 141 Å². The highest BCUT2D eigenvalue weighted by Gasteiger charge is 2.27. The number of carbonyl (C=O) groups excluding carboxylic acids is 1. The highest BCUT2D eigenvalue weighted by atomic mass is 35.5. The minimum atomic E-state index is -0.659. The van der Waals surface area contributed by atoms with Crippen molar-refractivity contribution in [1.29, 1.82) is 0 Å². The predicted octanol–water partition coefficient (Wildman–Crippen LogP) is 4.33.